The Balaban J connectivity index is 3.32. The van der Waals surface area contributed by atoms with Gasteiger partial charge in [-0.15, -0.1) is 0 Å². The van der Waals surface area contributed by atoms with Crippen molar-refractivity contribution in [3.05, 3.63) is 35.6 Å². The van der Waals surface area contributed by atoms with Crippen molar-refractivity contribution in [3.8, 4) is 0 Å². The van der Waals surface area contributed by atoms with Gasteiger partial charge in [0.15, 0.2) is 0 Å². The Morgan fingerprint density at radius 1 is 1.32 bits per heavy atom. The van der Waals surface area contributed by atoms with Crippen LogP contribution in [0.25, 0.3) is 0 Å². The maximum Gasteiger partial charge on any atom is 0.306 e. The molecule has 2 N–H and O–H groups in total. The van der Waals surface area contributed by atoms with E-state index in [1.54, 1.807) is 12.1 Å². The Morgan fingerprint density at radius 3 is 2.21 bits per heavy atom. The summed E-state index contributed by atoms with van der Waals surface area (Å²) in [5.74, 6) is -0.619. The SMILES string of the molecule is CCC(CC(=O)OC)(c1ccc(F)cc1)C(C)(C)N. The minimum Gasteiger partial charge on any atom is -0.469 e. The highest BCUT2D eigenvalue weighted by atomic mass is 19.1. The van der Waals surface area contributed by atoms with E-state index in [2.05, 4.69) is 0 Å². The zero-order valence-electron chi connectivity index (χ0n) is 12.0. The van der Waals surface area contributed by atoms with Crippen molar-refractivity contribution in [3.63, 3.8) is 0 Å². The molecular weight excluding hydrogens is 245 g/mol. The lowest BCUT2D eigenvalue weighted by molar-refractivity contribution is -0.143. The zero-order chi connectivity index (χ0) is 14.7. The van der Waals surface area contributed by atoms with Gasteiger partial charge in [0.05, 0.1) is 13.5 Å². The van der Waals surface area contributed by atoms with Crippen molar-refractivity contribution in [2.75, 3.05) is 7.11 Å². The quantitative estimate of drug-likeness (QED) is 0.835. The number of benzene rings is 1. The molecule has 0 aromatic heterocycles. The second-order valence-electron chi connectivity index (χ2n) is 5.42. The van der Waals surface area contributed by atoms with Crippen molar-refractivity contribution in [2.45, 2.75) is 44.6 Å². The fourth-order valence-electron chi connectivity index (χ4n) is 2.57. The molecule has 0 aliphatic carbocycles. The van der Waals surface area contributed by atoms with Crippen molar-refractivity contribution in [1.29, 1.82) is 0 Å². The summed E-state index contributed by atoms with van der Waals surface area (Å²) in [6, 6.07) is 6.16. The summed E-state index contributed by atoms with van der Waals surface area (Å²) in [4.78, 5) is 11.7. The standard InChI is InChI=1S/C15H22FNO2/c1-5-15(14(2,3)17,10-13(18)19-4)11-6-8-12(16)9-7-11/h6-9H,5,10,17H2,1-4H3. The van der Waals surface area contributed by atoms with Crippen LogP contribution in [0.4, 0.5) is 4.39 Å². The molecule has 1 rings (SSSR count). The van der Waals surface area contributed by atoms with Crippen molar-refractivity contribution in [1.82, 2.24) is 0 Å². The Hall–Kier alpha value is -1.42. The topological polar surface area (TPSA) is 52.3 Å². The summed E-state index contributed by atoms with van der Waals surface area (Å²) < 4.78 is 17.9. The van der Waals surface area contributed by atoms with Gasteiger partial charge in [-0.3, -0.25) is 4.79 Å². The molecule has 1 atom stereocenters. The monoisotopic (exact) mass is 267 g/mol. The molecule has 1 aromatic rings. The largest absolute Gasteiger partial charge is 0.469 e. The third kappa shape index (κ3) is 3.13. The van der Waals surface area contributed by atoms with Gasteiger partial charge in [-0.1, -0.05) is 19.1 Å². The van der Waals surface area contributed by atoms with Crippen LogP contribution in [0.5, 0.6) is 0 Å². The molecule has 0 radical (unpaired) electrons. The van der Waals surface area contributed by atoms with E-state index in [0.717, 1.165) is 5.56 Å². The molecule has 0 bridgehead atoms. The third-order valence-corrected chi connectivity index (χ3v) is 3.91. The highest BCUT2D eigenvalue weighted by Gasteiger charge is 2.44. The van der Waals surface area contributed by atoms with Crippen LogP contribution in [0.3, 0.4) is 0 Å². The number of methoxy groups -OCH3 is 1. The predicted molar refractivity (Wildman–Crippen MR) is 73.3 cm³/mol. The normalized spacial score (nSPS) is 14.8. The summed E-state index contributed by atoms with van der Waals surface area (Å²) in [5, 5.41) is 0. The predicted octanol–water partition coefficient (Wildman–Crippen LogP) is 2.77. The van der Waals surface area contributed by atoms with E-state index in [0.29, 0.717) is 6.42 Å². The van der Waals surface area contributed by atoms with Crippen LogP contribution in [-0.4, -0.2) is 18.6 Å². The first-order valence-corrected chi connectivity index (χ1v) is 6.38. The molecular formula is C15H22FNO2. The van der Waals surface area contributed by atoms with E-state index in [4.69, 9.17) is 10.5 Å². The lowest BCUT2D eigenvalue weighted by atomic mass is 9.63. The highest BCUT2D eigenvalue weighted by Crippen LogP contribution is 2.40. The summed E-state index contributed by atoms with van der Waals surface area (Å²) >= 11 is 0. The van der Waals surface area contributed by atoms with Crippen LogP contribution in [-0.2, 0) is 14.9 Å². The zero-order valence-corrected chi connectivity index (χ0v) is 12.0. The molecule has 19 heavy (non-hydrogen) atoms. The lowest BCUT2D eigenvalue weighted by Crippen LogP contribution is -2.54. The van der Waals surface area contributed by atoms with Crippen molar-refractivity contribution >= 4 is 5.97 Å². The van der Waals surface area contributed by atoms with E-state index in [1.807, 2.05) is 20.8 Å². The molecule has 0 aliphatic heterocycles. The van der Waals surface area contributed by atoms with Gasteiger partial charge in [0.1, 0.15) is 5.82 Å². The number of esters is 1. The second-order valence-corrected chi connectivity index (χ2v) is 5.42. The van der Waals surface area contributed by atoms with Gasteiger partial charge in [0, 0.05) is 11.0 Å². The molecule has 0 saturated carbocycles. The lowest BCUT2D eigenvalue weighted by Gasteiger charge is -2.44. The van der Waals surface area contributed by atoms with E-state index in [1.165, 1.54) is 19.2 Å². The van der Waals surface area contributed by atoms with Crippen LogP contribution >= 0.6 is 0 Å². The van der Waals surface area contributed by atoms with E-state index in [9.17, 15) is 9.18 Å². The number of carbonyl (C=O) groups is 1. The van der Waals surface area contributed by atoms with Crippen molar-refractivity contribution < 1.29 is 13.9 Å². The van der Waals surface area contributed by atoms with E-state index >= 15 is 0 Å². The first-order chi connectivity index (χ1) is 8.76. The highest BCUT2D eigenvalue weighted by molar-refractivity contribution is 5.71. The van der Waals surface area contributed by atoms with Gasteiger partial charge in [-0.2, -0.15) is 0 Å². The Morgan fingerprint density at radius 2 is 1.84 bits per heavy atom. The maximum atomic E-state index is 13.1. The third-order valence-electron chi connectivity index (χ3n) is 3.91. The molecule has 0 amide bonds. The van der Waals surface area contributed by atoms with Gasteiger partial charge in [0.2, 0.25) is 0 Å². The average Bonchev–Trinajstić information content (AvgIpc) is 2.35. The molecule has 1 unspecified atom stereocenters. The number of ether oxygens (including phenoxy) is 1. The Kier molecular flexibility index (Phi) is 4.69. The number of carbonyl (C=O) groups excluding carboxylic acids is 1. The Labute approximate surface area is 113 Å². The summed E-state index contributed by atoms with van der Waals surface area (Å²) in [6.07, 6.45) is 0.840. The number of halogens is 1. The van der Waals surface area contributed by atoms with Crippen LogP contribution in [0, 0.1) is 5.82 Å². The summed E-state index contributed by atoms with van der Waals surface area (Å²) in [7, 11) is 1.36. The minimum absolute atomic E-state index is 0.176. The van der Waals surface area contributed by atoms with Crippen LogP contribution in [0.15, 0.2) is 24.3 Å². The summed E-state index contributed by atoms with van der Waals surface area (Å²) in [5.41, 5.74) is 5.95. The number of hydrogen-bond acceptors (Lipinski definition) is 3. The summed E-state index contributed by atoms with van der Waals surface area (Å²) in [6.45, 7) is 5.73. The van der Waals surface area contributed by atoms with Crippen molar-refractivity contribution in [2.24, 2.45) is 5.73 Å². The Bertz CT molecular complexity index is 436. The van der Waals surface area contributed by atoms with Gasteiger partial charge in [-0.25, -0.2) is 4.39 Å². The molecule has 0 fully saturated rings. The second kappa shape index (κ2) is 5.70. The maximum absolute atomic E-state index is 13.1. The molecule has 3 nitrogen and oxygen atoms in total. The van der Waals surface area contributed by atoms with Gasteiger partial charge >= 0.3 is 5.97 Å². The van der Waals surface area contributed by atoms with E-state index < -0.39 is 11.0 Å². The van der Waals surface area contributed by atoms with Gasteiger partial charge in [0.25, 0.3) is 0 Å². The van der Waals surface area contributed by atoms with Gasteiger partial charge in [-0.05, 0) is 38.0 Å². The molecule has 0 spiro atoms. The van der Waals surface area contributed by atoms with Gasteiger partial charge < -0.3 is 10.5 Å². The number of nitrogens with two attached hydrogens (primary N) is 1. The van der Waals surface area contributed by atoms with Crippen LogP contribution in [0.1, 0.15) is 39.2 Å². The smallest absolute Gasteiger partial charge is 0.306 e. The van der Waals surface area contributed by atoms with Crippen LogP contribution in [0.2, 0.25) is 0 Å². The first kappa shape index (κ1) is 15.6. The van der Waals surface area contributed by atoms with Crippen LogP contribution < -0.4 is 5.73 Å². The minimum atomic E-state index is -0.631. The molecule has 1 aromatic carbocycles. The average molecular weight is 267 g/mol. The molecule has 0 heterocycles. The fraction of sp³-hybridized carbons (Fsp3) is 0.533. The number of hydrogen-bond donors (Lipinski definition) is 1. The number of rotatable bonds is 5. The molecule has 106 valence electrons. The molecule has 4 heteroatoms. The molecule has 0 aliphatic rings. The first-order valence-electron chi connectivity index (χ1n) is 6.38. The fourth-order valence-corrected chi connectivity index (χ4v) is 2.57. The molecule has 0 saturated heterocycles. The van der Waals surface area contributed by atoms with E-state index in [-0.39, 0.29) is 18.2 Å².